The normalized spacial score (nSPS) is 17.6. The average molecular weight is 504 g/mol. The standard InChI is InChI=1S/C27H15F7O2/c1-2-15-13-35-24(36-14-15)6-3-16-9-22(29)25(23(30)10-16)17-4-5-19-18(11-17)12-21(28)20(26(19)31)7-8-27(32,33)34/h2,4-5,9-12,15,24H,1,13-14H2. The lowest BCUT2D eigenvalue weighted by atomic mass is 9.97. The number of benzene rings is 3. The van der Waals surface area contributed by atoms with Gasteiger partial charge in [-0.15, -0.1) is 6.58 Å². The molecule has 36 heavy (non-hydrogen) atoms. The second-order valence-corrected chi connectivity index (χ2v) is 7.81. The van der Waals surface area contributed by atoms with E-state index in [1.807, 2.05) is 0 Å². The lowest BCUT2D eigenvalue weighted by Crippen LogP contribution is -2.29. The number of hydrogen-bond donors (Lipinski definition) is 0. The number of fused-ring (bicyclic) bond motifs is 1. The highest BCUT2D eigenvalue weighted by molar-refractivity contribution is 5.89. The molecule has 0 atom stereocenters. The third-order valence-electron chi connectivity index (χ3n) is 5.28. The number of rotatable bonds is 2. The summed E-state index contributed by atoms with van der Waals surface area (Å²) >= 11 is 0. The summed E-state index contributed by atoms with van der Waals surface area (Å²) in [5, 5.41) is -0.381. The van der Waals surface area contributed by atoms with Crippen molar-refractivity contribution in [1.82, 2.24) is 0 Å². The molecule has 0 spiro atoms. The monoisotopic (exact) mass is 504 g/mol. The van der Waals surface area contributed by atoms with Gasteiger partial charge in [0.1, 0.15) is 23.3 Å². The fraction of sp³-hybridized carbons (Fsp3) is 0.185. The SMILES string of the molecule is C=CC1COC(C#Cc2cc(F)c(-c3ccc4c(F)c(C#CC(F)(F)F)c(F)cc4c3)c(F)c2)OC1. The number of hydrogen-bond acceptors (Lipinski definition) is 2. The molecule has 184 valence electrons. The first kappa shape index (κ1) is 25.3. The molecule has 1 heterocycles. The molecule has 0 unspecified atom stereocenters. The van der Waals surface area contributed by atoms with E-state index in [0.29, 0.717) is 13.2 Å². The van der Waals surface area contributed by atoms with Crippen molar-refractivity contribution in [1.29, 1.82) is 0 Å². The Bertz CT molecular complexity index is 1440. The Labute approximate surface area is 201 Å². The van der Waals surface area contributed by atoms with Gasteiger partial charge in [-0.05, 0) is 41.1 Å². The summed E-state index contributed by atoms with van der Waals surface area (Å²) in [5.74, 6) is 2.89. The molecule has 3 aromatic rings. The highest BCUT2D eigenvalue weighted by Crippen LogP contribution is 2.32. The summed E-state index contributed by atoms with van der Waals surface area (Å²) in [6, 6.07) is 6.09. The number of alkyl halides is 3. The van der Waals surface area contributed by atoms with Gasteiger partial charge in [-0.1, -0.05) is 30.0 Å². The van der Waals surface area contributed by atoms with Crippen molar-refractivity contribution in [2.75, 3.05) is 13.2 Å². The lowest BCUT2D eigenvalue weighted by Gasteiger charge is -2.24. The molecule has 9 heteroatoms. The van der Waals surface area contributed by atoms with E-state index < -0.39 is 46.9 Å². The van der Waals surface area contributed by atoms with Crippen LogP contribution in [-0.4, -0.2) is 25.7 Å². The van der Waals surface area contributed by atoms with E-state index in [0.717, 1.165) is 42.3 Å². The molecule has 1 fully saturated rings. The van der Waals surface area contributed by atoms with Crippen LogP contribution in [0.4, 0.5) is 30.7 Å². The highest BCUT2D eigenvalue weighted by atomic mass is 19.4. The second kappa shape index (κ2) is 10.1. The van der Waals surface area contributed by atoms with E-state index in [2.05, 4.69) is 18.4 Å². The Hall–Kier alpha value is -3.79. The van der Waals surface area contributed by atoms with Crippen molar-refractivity contribution >= 4 is 10.8 Å². The second-order valence-electron chi connectivity index (χ2n) is 7.81. The van der Waals surface area contributed by atoms with Gasteiger partial charge in [-0.2, -0.15) is 13.2 Å². The third-order valence-corrected chi connectivity index (χ3v) is 5.28. The predicted molar refractivity (Wildman–Crippen MR) is 118 cm³/mol. The van der Waals surface area contributed by atoms with Crippen LogP contribution in [0.1, 0.15) is 11.1 Å². The van der Waals surface area contributed by atoms with Crippen molar-refractivity contribution in [3.63, 3.8) is 0 Å². The van der Waals surface area contributed by atoms with Crippen LogP contribution < -0.4 is 0 Å². The maximum absolute atomic E-state index is 14.8. The Morgan fingerprint density at radius 1 is 0.889 bits per heavy atom. The first-order valence-electron chi connectivity index (χ1n) is 10.4. The minimum Gasteiger partial charge on any atom is -0.341 e. The van der Waals surface area contributed by atoms with Gasteiger partial charge in [-0.3, -0.25) is 0 Å². The molecular formula is C27H15F7O2. The van der Waals surface area contributed by atoms with Gasteiger partial charge in [0.25, 0.3) is 0 Å². The largest absolute Gasteiger partial charge is 0.458 e. The van der Waals surface area contributed by atoms with Crippen LogP contribution in [0.3, 0.4) is 0 Å². The molecule has 0 radical (unpaired) electrons. The molecule has 1 aliphatic rings. The lowest BCUT2D eigenvalue weighted by molar-refractivity contribution is -0.160. The minimum absolute atomic E-state index is 0.0116. The Morgan fingerprint density at radius 2 is 1.56 bits per heavy atom. The Kier molecular flexibility index (Phi) is 7.07. The zero-order valence-corrected chi connectivity index (χ0v) is 18.3. The topological polar surface area (TPSA) is 18.5 Å². The van der Waals surface area contributed by atoms with Crippen LogP contribution in [0.5, 0.6) is 0 Å². The third kappa shape index (κ3) is 5.54. The molecule has 1 saturated heterocycles. The van der Waals surface area contributed by atoms with Gasteiger partial charge < -0.3 is 9.47 Å². The molecule has 0 saturated carbocycles. The van der Waals surface area contributed by atoms with Gasteiger partial charge >= 0.3 is 6.18 Å². The summed E-state index contributed by atoms with van der Waals surface area (Å²) in [6.07, 6.45) is -4.11. The predicted octanol–water partition coefficient (Wildman–Crippen LogP) is 6.50. The van der Waals surface area contributed by atoms with Crippen LogP contribution in [0, 0.1) is 52.9 Å². The van der Waals surface area contributed by atoms with Gasteiger partial charge in [0.05, 0.1) is 24.3 Å². The molecular weight excluding hydrogens is 489 g/mol. The fourth-order valence-electron chi connectivity index (χ4n) is 3.53. The van der Waals surface area contributed by atoms with E-state index in [1.54, 1.807) is 6.08 Å². The first-order valence-corrected chi connectivity index (χ1v) is 10.4. The maximum atomic E-state index is 14.8. The fourth-order valence-corrected chi connectivity index (χ4v) is 3.53. The van der Waals surface area contributed by atoms with E-state index in [-0.39, 0.29) is 27.8 Å². The van der Waals surface area contributed by atoms with Crippen LogP contribution in [-0.2, 0) is 9.47 Å². The summed E-state index contributed by atoms with van der Waals surface area (Å²) in [4.78, 5) is 0. The molecule has 4 rings (SSSR count). The number of ether oxygens (including phenoxy) is 2. The summed E-state index contributed by atoms with van der Waals surface area (Å²) < 4.78 is 106. The van der Waals surface area contributed by atoms with Gasteiger partial charge in [0, 0.05) is 22.8 Å². The van der Waals surface area contributed by atoms with Crippen molar-refractivity contribution < 1.29 is 40.2 Å². The van der Waals surface area contributed by atoms with Crippen LogP contribution >= 0.6 is 0 Å². The molecule has 0 N–H and O–H groups in total. The summed E-state index contributed by atoms with van der Waals surface area (Å²) in [7, 11) is 0. The molecule has 2 nitrogen and oxygen atoms in total. The molecule has 0 bridgehead atoms. The Balaban J connectivity index is 1.65. The van der Waals surface area contributed by atoms with Crippen molar-refractivity contribution in [3.8, 4) is 34.8 Å². The highest BCUT2D eigenvalue weighted by Gasteiger charge is 2.24. The van der Waals surface area contributed by atoms with Gasteiger partial charge in [-0.25, -0.2) is 17.6 Å². The van der Waals surface area contributed by atoms with E-state index >= 15 is 0 Å². The van der Waals surface area contributed by atoms with Gasteiger partial charge in [0.2, 0.25) is 6.29 Å². The van der Waals surface area contributed by atoms with Crippen LogP contribution in [0.25, 0.3) is 21.9 Å². The van der Waals surface area contributed by atoms with Crippen molar-refractivity contribution in [3.05, 3.63) is 83.4 Å². The van der Waals surface area contributed by atoms with Crippen molar-refractivity contribution in [2.24, 2.45) is 5.92 Å². The molecule has 1 aliphatic heterocycles. The quantitative estimate of drug-likeness (QED) is 0.225. The first-order chi connectivity index (χ1) is 17.1. The molecule has 0 aliphatic carbocycles. The van der Waals surface area contributed by atoms with E-state index in [1.165, 1.54) is 5.92 Å². The Morgan fingerprint density at radius 3 is 2.17 bits per heavy atom. The molecule has 0 amide bonds. The van der Waals surface area contributed by atoms with Crippen LogP contribution in [0.2, 0.25) is 0 Å². The summed E-state index contributed by atoms with van der Waals surface area (Å²) in [6.45, 7) is 4.34. The molecule has 3 aromatic carbocycles. The molecule has 0 aromatic heterocycles. The minimum atomic E-state index is -4.94. The average Bonchev–Trinajstić information content (AvgIpc) is 2.81. The van der Waals surface area contributed by atoms with E-state index in [4.69, 9.17) is 9.47 Å². The van der Waals surface area contributed by atoms with Gasteiger partial charge in [0.15, 0.2) is 0 Å². The smallest absolute Gasteiger partial charge is 0.341 e. The van der Waals surface area contributed by atoms with Crippen molar-refractivity contribution in [2.45, 2.75) is 12.5 Å². The van der Waals surface area contributed by atoms with E-state index in [9.17, 15) is 30.7 Å². The summed E-state index contributed by atoms with van der Waals surface area (Å²) in [5.41, 5.74) is -1.56. The van der Waals surface area contributed by atoms with Crippen LogP contribution in [0.15, 0.2) is 49.1 Å². The maximum Gasteiger partial charge on any atom is 0.458 e. The zero-order valence-electron chi connectivity index (χ0n) is 18.3. The number of halogens is 7. The zero-order chi connectivity index (χ0) is 26.0.